The topological polar surface area (TPSA) is 96.5 Å². The van der Waals surface area contributed by atoms with Gasteiger partial charge < -0.3 is 15.7 Å². The molecule has 0 radical (unpaired) electrons. The van der Waals surface area contributed by atoms with Crippen LogP contribution in [0, 0.1) is 5.41 Å². The summed E-state index contributed by atoms with van der Waals surface area (Å²) in [6.07, 6.45) is 0.651. The minimum absolute atomic E-state index is 0.133. The monoisotopic (exact) mass is 291 g/mol. The van der Waals surface area contributed by atoms with Gasteiger partial charge in [0, 0.05) is 18.8 Å². The number of carboxylic acids is 1. The van der Waals surface area contributed by atoms with Crippen LogP contribution >= 0.6 is 0 Å². The first-order valence-corrected chi connectivity index (χ1v) is 7.03. The second-order valence-corrected chi connectivity index (χ2v) is 6.20. The van der Waals surface area contributed by atoms with E-state index in [0.717, 1.165) is 5.69 Å². The van der Waals surface area contributed by atoms with Gasteiger partial charge in [0.2, 0.25) is 5.91 Å². The fraction of sp³-hybridized carbons (Fsp3) is 0.533. The molecule has 1 aromatic heterocycles. The van der Waals surface area contributed by atoms with Gasteiger partial charge in [-0.2, -0.15) is 0 Å². The third-order valence-electron chi connectivity index (χ3n) is 4.06. The average Bonchev–Trinajstić information content (AvgIpc) is 2.82. The molecular weight excluding hydrogens is 270 g/mol. The molecule has 0 spiro atoms. The first kappa shape index (κ1) is 15.3. The van der Waals surface area contributed by atoms with E-state index in [2.05, 4.69) is 4.98 Å². The number of carboxylic acid groups (broad SMARTS) is 1. The van der Waals surface area contributed by atoms with Crippen molar-refractivity contribution >= 4 is 17.7 Å². The van der Waals surface area contributed by atoms with Gasteiger partial charge in [0.05, 0.1) is 11.0 Å². The largest absolute Gasteiger partial charge is 0.478 e. The molecule has 3 N–H and O–H groups in total. The van der Waals surface area contributed by atoms with Gasteiger partial charge in [-0.25, -0.2) is 9.78 Å². The lowest BCUT2D eigenvalue weighted by Gasteiger charge is -2.22. The number of nitrogens with zero attached hydrogens (tertiary/aromatic N) is 2. The summed E-state index contributed by atoms with van der Waals surface area (Å²) in [7, 11) is 0. The molecule has 0 aromatic carbocycles. The summed E-state index contributed by atoms with van der Waals surface area (Å²) in [5.74, 6) is -0.572. The van der Waals surface area contributed by atoms with E-state index >= 15 is 0 Å². The van der Waals surface area contributed by atoms with E-state index in [1.54, 1.807) is 12.1 Å². The Labute approximate surface area is 124 Å². The van der Waals surface area contributed by atoms with Gasteiger partial charge in [-0.15, -0.1) is 0 Å². The Balaban J connectivity index is 2.36. The van der Waals surface area contributed by atoms with E-state index in [-0.39, 0.29) is 17.4 Å². The number of nitrogens with two attached hydrogens (primary N) is 1. The molecule has 21 heavy (non-hydrogen) atoms. The van der Waals surface area contributed by atoms with Gasteiger partial charge in [-0.05, 0) is 31.4 Å². The molecule has 1 atom stereocenters. The second kappa shape index (κ2) is 5.35. The highest BCUT2D eigenvalue weighted by atomic mass is 16.4. The van der Waals surface area contributed by atoms with Crippen molar-refractivity contribution in [3.63, 3.8) is 0 Å². The van der Waals surface area contributed by atoms with Crippen molar-refractivity contribution in [2.24, 2.45) is 11.1 Å². The van der Waals surface area contributed by atoms with Gasteiger partial charge in [-0.3, -0.25) is 4.79 Å². The number of anilines is 1. The van der Waals surface area contributed by atoms with Crippen molar-refractivity contribution in [3.05, 3.63) is 23.4 Å². The minimum Gasteiger partial charge on any atom is -0.478 e. The summed E-state index contributed by atoms with van der Waals surface area (Å²) in [6.45, 7) is 6.88. The standard InChI is InChI=1S/C15H21N3O3/c1-9(2)11-6-10(13(19)20)7-12(17-11)18-5-4-15(3,8-18)14(16)21/h6-7,9H,4-5,8H2,1-3H3,(H2,16,21)(H,19,20). The second-order valence-electron chi connectivity index (χ2n) is 6.20. The van der Waals surface area contributed by atoms with Gasteiger partial charge in [-0.1, -0.05) is 13.8 Å². The number of hydrogen-bond donors (Lipinski definition) is 2. The number of hydrogen-bond acceptors (Lipinski definition) is 4. The van der Waals surface area contributed by atoms with E-state index < -0.39 is 11.4 Å². The number of aromatic nitrogens is 1. The Morgan fingerprint density at radius 1 is 1.43 bits per heavy atom. The molecule has 1 aliphatic heterocycles. The summed E-state index contributed by atoms with van der Waals surface area (Å²) in [5, 5.41) is 9.23. The number of carbonyl (C=O) groups excluding carboxylic acids is 1. The van der Waals surface area contributed by atoms with Crippen molar-refractivity contribution in [2.75, 3.05) is 18.0 Å². The molecule has 2 heterocycles. The maximum absolute atomic E-state index is 11.5. The number of primary amides is 1. The molecular formula is C15H21N3O3. The molecule has 114 valence electrons. The van der Waals surface area contributed by atoms with Crippen LogP contribution in [0.25, 0.3) is 0 Å². The average molecular weight is 291 g/mol. The van der Waals surface area contributed by atoms with Gasteiger partial charge >= 0.3 is 5.97 Å². The molecule has 1 amide bonds. The highest BCUT2D eigenvalue weighted by molar-refractivity contribution is 5.89. The van der Waals surface area contributed by atoms with Crippen molar-refractivity contribution < 1.29 is 14.7 Å². The van der Waals surface area contributed by atoms with Crippen LogP contribution in [0.3, 0.4) is 0 Å². The van der Waals surface area contributed by atoms with E-state index in [4.69, 9.17) is 5.73 Å². The normalized spacial score (nSPS) is 21.8. The maximum atomic E-state index is 11.5. The fourth-order valence-corrected chi connectivity index (χ4v) is 2.48. The van der Waals surface area contributed by atoms with E-state index in [9.17, 15) is 14.7 Å². The summed E-state index contributed by atoms with van der Waals surface area (Å²) >= 11 is 0. The lowest BCUT2D eigenvalue weighted by atomic mass is 9.89. The number of aromatic carboxylic acids is 1. The number of carbonyl (C=O) groups is 2. The molecule has 0 aliphatic carbocycles. The van der Waals surface area contributed by atoms with Crippen LogP contribution in [0.15, 0.2) is 12.1 Å². The van der Waals surface area contributed by atoms with Crippen LogP contribution in [-0.4, -0.2) is 35.1 Å². The van der Waals surface area contributed by atoms with Crippen LogP contribution in [0.1, 0.15) is 49.2 Å². The smallest absolute Gasteiger partial charge is 0.335 e. The third kappa shape index (κ3) is 2.99. The quantitative estimate of drug-likeness (QED) is 0.878. The van der Waals surface area contributed by atoms with Gasteiger partial charge in [0.15, 0.2) is 0 Å². The molecule has 6 heteroatoms. The molecule has 1 aliphatic rings. The van der Waals surface area contributed by atoms with Crippen molar-refractivity contribution in [1.82, 2.24) is 4.98 Å². The van der Waals surface area contributed by atoms with Crippen molar-refractivity contribution in [1.29, 1.82) is 0 Å². The first-order chi connectivity index (χ1) is 9.73. The van der Waals surface area contributed by atoms with E-state index in [1.807, 2.05) is 25.7 Å². The Bertz CT molecular complexity index is 586. The zero-order valence-electron chi connectivity index (χ0n) is 12.6. The minimum atomic E-state index is -0.975. The number of amides is 1. The highest BCUT2D eigenvalue weighted by Crippen LogP contribution is 2.33. The predicted octanol–water partition coefficient (Wildman–Crippen LogP) is 1.60. The number of pyridine rings is 1. The van der Waals surface area contributed by atoms with E-state index in [1.165, 1.54) is 0 Å². The molecule has 1 unspecified atom stereocenters. The predicted molar refractivity (Wildman–Crippen MR) is 79.4 cm³/mol. The van der Waals surface area contributed by atoms with Crippen LogP contribution in [-0.2, 0) is 4.79 Å². The van der Waals surface area contributed by atoms with Crippen molar-refractivity contribution in [2.45, 2.75) is 33.1 Å². The Morgan fingerprint density at radius 3 is 2.57 bits per heavy atom. The van der Waals surface area contributed by atoms with E-state index in [0.29, 0.717) is 25.3 Å². The molecule has 6 nitrogen and oxygen atoms in total. The van der Waals surface area contributed by atoms with Gasteiger partial charge in [0.25, 0.3) is 0 Å². The molecule has 1 aromatic rings. The van der Waals surface area contributed by atoms with Crippen LogP contribution < -0.4 is 10.6 Å². The lowest BCUT2D eigenvalue weighted by molar-refractivity contribution is -0.125. The fourth-order valence-electron chi connectivity index (χ4n) is 2.48. The maximum Gasteiger partial charge on any atom is 0.335 e. The van der Waals surface area contributed by atoms with Crippen LogP contribution in [0.4, 0.5) is 5.82 Å². The van der Waals surface area contributed by atoms with Crippen LogP contribution in [0.2, 0.25) is 0 Å². The molecule has 0 saturated carbocycles. The zero-order chi connectivity index (χ0) is 15.8. The van der Waals surface area contributed by atoms with Crippen molar-refractivity contribution in [3.8, 4) is 0 Å². The Hall–Kier alpha value is -2.11. The molecule has 2 rings (SSSR count). The van der Waals surface area contributed by atoms with Gasteiger partial charge in [0.1, 0.15) is 5.82 Å². The lowest BCUT2D eigenvalue weighted by Crippen LogP contribution is -2.37. The molecule has 0 bridgehead atoms. The Morgan fingerprint density at radius 2 is 2.10 bits per heavy atom. The SMILES string of the molecule is CC(C)c1cc(C(=O)O)cc(N2CCC(C)(C(N)=O)C2)n1. The Kier molecular flexibility index (Phi) is 3.89. The zero-order valence-corrected chi connectivity index (χ0v) is 12.6. The summed E-state index contributed by atoms with van der Waals surface area (Å²) in [5.41, 5.74) is 5.82. The van der Waals surface area contributed by atoms with Crippen LogP contribution in [0.5, 0.6) is 0 Å². The molecule has 1 saturated heterocycles. The first-order valence-electron chi connectivity index (χ1n) is 7.03. The summed E-state index contributed by atoms with van der Waals surface area (Å²) < 4.78 is 0. The summed E-state index contributed by atoms with van der Waals surface area (Å²) in [6, 6.07) is 3.15. The summed E-state index contributed by atoms with van der Waals surface area (Å²) in [4.78, 5) is 29.3. The third-order valence-corrected chi connectivity index (χ3v) is 4.06. The molecule has 1 fully saturated rings. The highest BCUT2D eigenvalue weighted by Gasteiger charge is 2.39. The number of rotatable bonds is 4.